The summed E-state index contributed by atoms with van der Waals surface area (Å²) in [6.07, 6.45) is 1.53. The molecule has 3 aromatic rings. The van der Waals surface area contributed by atoms with Gasteiger partial charge in [-0.05, 0) is 48.9 Å². The third kappa shape index (κ3) is 4.78. The molecule has 1 amide bonds. The largest absolute Gasteiger partial charge is 0.350 e. The van der Waals surface area contributed by atoms with Gasteiger partial charge >= 0.3 is 0 Å². The molecule has 31 heavy (non-hydrogen) atoms. The maximum atomic E-state index is 12.7. The molecule has 0 radical (unpaired) electrons. The van der Waals surface area contributed by atoms with Gasteiger partial charge in [-0.3, -0.25) is 4.79 Å². The standard InChI is InChI=1S/C24H24N2O3S2/c1-17(18-11-13-19(14-12-18)31(2,28)29)25-24(27)15-16-26-20-7-3-5-9-22(20)30-23-10-6-4-8-21(23)26/h3-14,17H,15-16H2,1-2H3,(H,25,27). The molecule has 0 saturated carbocycles. The van der Waals surface area contributed by atoms with Crippen molar-refractivity contribution in [1.29, 1.82) is 0 Å². The van der Waals surface area contributed by atoms with Crippen LogP contribution in [0.5, 0.6) is 0 Å². The maximum absolute atomic E-state index is 12.7. The first-order valence-corrected chi connectivity index (χ1v) is 12.8. The first kappa shape index (κ1) is 21.5. The van der Waals surface area contributed by atoms with Crippen molar-refractivity contribution in [3.05, 3.63) is 78.4 Å². The minimum Gasteiger partial charge on any atom is -0.350 e. The normalized spacial score (nSPS) is 13.8. The molecule has 0 saturated heterocycles. The van der Waals surface area contributed by atoms with Crippen molar-refractivity contribution in [1.82, 2.24) is 5.32 Å². The van der Waals surface area contributed by atoms with Crippen LogP contribution in [0.15, 0.2) is 87.5 Å². The summed E-state index contributed by atoms with van der Waals surface area (Å²) in [5.41, 5.74) is 3.10. The molecular weight excluding hydrogens is 428 g/mol. The number of benzene rings is 3. The van der Waals surface area contributed by atoms with Crippen molar-refractivity contribution < 1.29 is 13.2 Å². The van der Waals surface area contributed by atoms with Gasteiger partial charge in [0.1, 0.15) is 0 Å². The second kappa shape index (κ2) is 8.77. The number of carbonyl (C=O) groups excluding carboxylic acids is 1. The predicted molar refractivity (Wildman–Crippen MR) is 125 cm³/mol. The molecule has 1 heterocycles. The second-order valence-electron chi connectivity index (χ2n) is 7.57. The monoisotopic (exact) mass is 452 g/mol. The molecule has 0 fully saturated rings. The van der Waals surface area contributed by atoms with E-state index in [1.54, 1.807) is 36.0 Å². The maximum Gasteiger partial charge on any atom is 0.222 e. The van der Waals surface area contributed by atoms with E-state index in [0.717, 1.165) is 16.9 Å². The highest BCUT2D eigenvalue weighted by Crippen LogP contribution is 2.47. The van der Waals surface area contributed by atoms with E-state index in [1.165, 1.54) is 16.0 Å². The Morgan fingerprint density at radius 2 is 1.48 bits per heavy atom. The lowest BCUT2D eigenvalue weighted by molar-refractivity contribution is -0.121. The zero-order valence-corrected chi connectivity index (χ0v) is 19.0. The zero-order valence-electron chi connectivity index (χ0n) is 17.4. The molecule has 1 aliphatic heterocycles. The lowest BCUT2D eigenvalue weighted by atomic mass is 10.1. The van der Waals surface area contributed by atoms with Gasteiger partial charge in [0, 0.05) is 29.0 Å². The van der Waals surface area contributed by atoms with Gasteiger partial charge in [0.15, 0.2) is 9.84 Å². The molecule has 4 rings (SSSR count). The van der Waals surface area contributed by atoms with Crippen molar-refractivity contribution in [3.63, 3.8) is 0 Å². The van der Waals surface area contributed by atoms with Crippen LogP contribution in [0.4, 0.5) is 11.4 Å². The summed E-state index contributed by atoms with van der Waals surface area (Å²) >= 11 is 1.75. The van der Waals surface area contributed by atoms with Crippen molar-refractivity contribution >= 4 is 38.9 Å². The SMILES string of the molecule is CC(NC(=O)CCN1c2ccccc2Sc2ccccc21)c1ccc(S(C)(=O)=O)cc1. The van der Waals surface area contributed by atoms with Crippen LogP contribution in [0.25, 0.3) is 0 Å². The fraction of sp³-hybridized carbons (Fsp3) is 0.208. The molecule has 0 bridgehead atoms. The van der Waals surface area contributed by atoms with E-state index in [1.807, 2.05) is 31.2 Å². The van der Waals surface area contributed by atoms with E-state index < -0.39 is 9.84 Å². The van der Waals surface area contributed by atoms with E-state index in [9.17, 15) is 13.2 Å². The number of carbonyl (C=O) groups is 1. The van der Waals surface area contributed by atoms with Gasteiger partial charge in [-0.15, -0.1) is 0 Å². The van der Waals surface area contributed by atoms with E-state index in [2.05, 4.69) is 34.5 Å². The van der Waals surface area contributed by atoms with Crippen LogP contribution in [-0.2, 0) is 14.6 Å². The third-order valence-corrected chi connectivity index (χ3v) is 7.54. The Labute approximate surface area is 187 Å². The van der Waals surface area contributed by atoms with Gasteiger partial charge in [0.05, 0.1) is 22.3 Å². The molecule has 0 aromatic heterocycles. The summed E-state index contributed by atoms with van der Waals surface area (Å²) in [4.78, 5) is 17.5. The van der Waals surface area contributed by atoms with E-state index in [-0.39, 0.29) is 16.8 Å². The van der Waals surface area contributed by atoms with Crippen LogP contribution < -0.4 is 10.2 Å². The Morgan fingerprint density at radius 3 is 2.03 bits per heavy atom. The molecule has 1 N–H and O–H groups in total. The number of rotatable bonds is 6. The van der Waals surface area contributed by atoms with E-state index in [4.69, 9.17) is 0 Å². The number of nitrogens with one attached hydrogen (secondary N) is 1. The van der Waals surface area contributed by atoms with Gasteiger partial charge in [-0.25, -0.2) is 8.42 Å². The smallest absolute Gasteiger partial charge is 0.222 e. The van der Waals surface area contributed by atoms with Gasteiger partial charge < -0.3 is 10.2 Å². The number of sulfone groups is 1. The van der Waals surface area contributed by atoms with Crippen molar-refractivity contribution in [3.8, 4) is 0 Å². The molecule has 1 aliphatic rings. The van der Waals surface area contributed by atoms with Gasteiger partial charge in [0.25, 0.3) is 0 Å². The summed E-state index contributed by atoms with van der Waals surface area (Å²) in [6.45, 7) is 2.47. The van der Waals surface area contributed by atoms with Crippen LogP contribution >= 0.6 is 11.8 Å². The average Bonchev–Trinajstić information content (AvgIpc) is 2.76. The average molecular weight is 453 g/mol. The van der Waals surface area contributed by atoms with Gasteiger partial charge in [0.2, 0.25) is 5.91 Å². The minimum atomic E-state index is -3.23. The number of para-hydroxylation sites is 2. The third-order valence-electron chi connectivity index (χ3n) is 5.28. The Hall–Kier alpha value is -2.77. The minimum absolute atomic E-state index is 0.0483. The lowest BCUT2D eigenvalue weighted by Gasteiger charge is -2.32. The summed E-state index contributed by atoms with van der Waals surface area (Å²) in [5, 5.41) is 3.02. The molecular formula is C24H24N2O3S2. The second-order valence-corrected chi connectivity index (χ2v) is 10.7. The molecule has 5 nitrogen and oxygen atoms in total. The van der Waals surface area contributed by atoms with E-state index >= 15 is 0 Å². The number of nitrogens with zero attached hydrogens (tertiary/aromatic N) is 1. The molecule has 7 heteroatoms. The fourth-order valence-corrected chi connectivity index (χ4v) is 5.36. The molecule has 1 atom stereocenters. The molecule has 3 aromatic carbocycles. The molecule has 0 spiro atoms. The summed E-state index contributed by atoms with van der Waals surface area (Å²) in [5.74, 6) is -0.0483. The summed E-state index contributed by atoms with van der Waals surface area (Å²) < 4.78 is 23.3. The summed E-state index contributed by atoms with van der Waals surface area (Å²) in [7, 11) is -3.23. The number of fused-ring (bicyclic) bond motifs is 2. The zero-order chi connectivity index (χ0) is 22.0. The molecule has 0 aliphatic carbocycles. The van der Waals surface area contributed by atoms with Crippen LogP contribution in [-0.4, -0.2) is 27.1 Å². The highest BCUT2D eigenvalue weighted by molar-refractivity contribution is 7.99. The van der Waals surface area contributed by atoms with Crippen molar-refractivity contribution in [2.75, 3.05) is 17.7 Å². The number of anilines is 2. The first-order valence-electron chi connectivity index (χ1n) is 10.1. The number of hydrogen-bond acceptors (Lipinski definition) is 5. The molecule has 160 valence electrons. The van der Waals surface area contributed by atoms with Gasteiger partial charge in [-0.1, -0.05) is 48.2 Å². The topological polar surface area (TPSA) is 66.5 Å². The van der Waals surface area contributed by atoms with Crippen LogP contribution in [0, 0.1) is 0 Å². The number of hydrogen-bond donors (Lipinski definition) is 1. The Balaban J connectivity index is 1.43. The van der Waals surface area contributed by atoms with Crippen LogP contribution in [0.2, 0.25) is 0 Å². The highest BCUT2D eigenvalue weighted by atomic mass is 32.2. The van der Waals surface area contributed by atoms with Crippen LogP contribution in [0.3, 0.4) is 0 Å². The van der Waals surface area contributed by atoms with Crippen LogP contribution in [0.1, 0.15) is 24.9 Å². The number of amides is 1. The predicted octanol–water partition coefficient (Wildman–Crippen LogP) is 4.96. The Morgan fingerprint density at radius 1 is 0.935 bits per heavy atom. The van der Waals surface area contributed by atoms with E-state index in [0.29, 0.717) is 13.0 Å². The Bertz CT molecular complexity index is 1160. The molecule has 1 unspecified atom stereocenters. The van der Waals surface area contributed by atoms with Crippen molar-refractivity contribution in [2.45, 2.75) is 34.1 Å². The Kier molecular flexibility index (Phi) is 6.07. The lowest BCUT2D eigenvalue weighted by Crippen LogP contribution is -2.31. The van der Waals surface area contributed by atoms with Crippen molar-refractivity contribution in [2.24, 2.45) is 0 Å². The first-order chi connectivity index (χ1) is 14.8. The quantitative estimate of drug-likeness (QED) is 0.573. The fourth-order valence-electron chi connectivity index (χ4n) is 3.64. The highest BCUT2D eigenvalue weighted by Gasteiger charge is 2.23. The van der Waals surface area contributed by atoms with Gasteiger partial charge in [-0.2, -0.15) is 0 Å². The summed E-state index contributed by atoms with van der Waals surface area (Å²) in [6, 6.07) is 22.9.